The molecular weight excluding hydrogens is 444 g/mol. The highest BCUT2D eigenvalue weighted by Gasteiger charge is 2.37. The normalized spacial score (nSPS) is 19.3. The molecule has 32 heavy (non-hydrogen) atoms. The van der Waals surface area contributed by atoms with E-state index < -0.39 is 41.0 Å². The average Bonchev–Trinajstić information content (AvgIpc) is 2.74. The molecule has 1 heterocycles. The minimum Gasteiger partial charge on any atom is -0.477 e. The summed E-state index contributed by atoms with van der Waals surface area (Å²) < 4.78 is 88.8. The number of ether oxygens (including phenoxy) is 2. The summed E-state index contributed by atoms with van der Waals surface area (Å²) in [6.07, 6.45) is -5.60. The summed E-state index contributed by atoms with van der Waals surface area (Å²) in [4.78, 5) is 20.4. The lowest BCUT2D eigenvalue weighted by atomic mass is 9.92. The first-order valence-corrected chi connectivity index (χ1v) is 9.59. The first-order chi connectivity index (χ1) is 15.0. The Kier molecular flexibility index (Phi) is 6.79. The van der Waals surface area contributed by atoms with E-state index in [9.17, 15) is 31.1 Å². The maximum absolute atomic E-state index is 13.0. The number of hydrogen-bond acceptors (Lipinski definition) is 5. The van der Waals surface area contributed by atoms with Crippen molar-refractivity contribution in [2.24, 2.45) is 0 Å². The molecule has 0 aliphatic heterocycles. The van der Waals surface area contributed by atoms with Crippen molar-refractivity contribution in [1.82, 2.24) is 15.3 Å². The monoisotopic (exact) mass is 463 g/mol. The number of rotatable bonds is 5. The summed E-state index contributed by atoms with van der Waals surface area (Å²) in [5, 5.41) is 2.52. The molecule has 1 amide bonds. The summed E-state index contributed by atoms with van der Waals surface area (Å²) in [5.74, 6) is -0.569. The van der Waals surface area contributed by atoms with Gasteiger partial charge in [0.1, 0.15) is 6.10 Å². The van der Waals surface area contributed by atoms with Crippen LogP contribution in [0.5, 0.6) is 11.8 Å². The molecule has 174 valence electrons. The molecule has 0 unspecified atom stereocenters. The van der Waals surface area contributed by atoms with Crippen LogP contribution < -0.4 is 14.8 Å². The van der Waals surface area contributed by atoms with E-state index >= 15 is 0 Å². The van der Waals surface area contributed by atoms with Crippen molar-refractivity contribution < 1.29 is 40.6 Å². The van der Waals surface area contributed by atoms with Gasteiger partial charge in [-0.2, -0.15) is 26.3 Å². The molecule has 0 radical (unpaired) electrons. The third-order valence-electron chi connectivity index (χ3n) is 4.96. The number of hydrogen-bond donors (Lipinski definition) is 1. The molecule has 12 heteroatoms. The fourth-order valence-corrected chi connectivity index (χ4v) is 3.37. The van der Waals surface area contributed by atoms with Crippen molar-refractivity contribution in [2.75, 3.05) is 7.11 Å². The Morgan fingerprint density at radius 1 is 0.906 bits per heavy atom. The molecule has 0 saturated heterocycles. The molecule has 1 fully saturated rings. The second kappa shape index (κ2) is 9.21. The number of alkyl halides is 6. The van der Waals surface area contributed by atoms with Gasteiger partial charge in [-0.1, -0.05) is 0 Å². The zero-order valence-electron chi connectivity index (χ0n) is 16.8. The number of nitrogens with one attached hydrogen (secondary N) is 1. The molecule has 0 atom stereocenters. The van der Waals surface area contributed by atoms with Crippen LogP contribution in [0.1, 0.15) is 47.2 Å². The second-order valence-corrected chi connectivity index (χ2v) is 7.23. The summed E-state index contributed by atoms with van der Waals surface area (Å²) in [6.45, 7) is 0. The van der Waals surface area contributed by atoms with E-state index in [4.69, 9.17) is 9.47 Å². The third kappa shape index (κ3) is 5.80. The quantitative estimate of drug-likeness (QED) is 0.654. The van der Waals surface area contributed by atoms with Gasteiger partial charge in [0.25, 0.3) is 17.7 Å². The van der Waals surface area contributed by atoms with E-state index in [1.807, 2.05) is 0 Å². The summed E-state index contributed by atoms with van der Waals surface area (Å²) in [7, 11) is 1.42. The zero-order valence-corrected chi connectivity index (χ0v) is 16.8. The van der Waals surface area contributed by atoms with Crippen LogP contribution in [0.3, 0.4) is 0 Å². The van der Waals surface area contributed by atoms with Crippen LogP contribution in [-0.4, -0.2) is 35.1 Å². The number of carbonyl (C=O) groups excluding carboxylic acids is 1. The van der Waals surface area contributed by atoms with Crippen molar-refractivity contribution in [1.29, 1.82) is 0 Å². The molecule has 1 aromatic heterocycles. The lowest BCUT2D eigenvalue weighted by Gasteiger charge is -2.29. The van der Waals surface area contributed by atoms with Crippen molar-refractivity contribution in [2.45, 2.75) is 50.2 Å². The van der Waals surface area contributed by atoms with E-state index in [1.54, 1.807) is 0 Å². The molecule has 1 saturated carbocycles. The number of carbonyl (C=O) groups is 1. The first kappa shape index (κ1) is 23.6. The maximum atomic E-state index is 13.0. The Labute approximate surface area is 179 Å². The van der Waals surface area contributed by atoms with Gasteiger partial charge < -0.3 is 14.8 Å². The maximum Gasteiger partial charge on any atom is 0.416 e. The summed E-state index contributed by atoms with van der Waals surface area (Å²) in [6, 6.07) is 0.398. The molecule has 1 aromatic carbocycles. The molecule has 6 nitrogen and oxygen atoms in total. The molecule has 2 aromatic rings. The van der Waals surface area contributed by atoms with Crippen molar-refractivity contribution >= 4 is 5.91 Å². The molecule has 1 N–H and O–H groups in total. The lowest BCUT2D eigenvalue weighted by molar-refractivity contribution is -0.143. The van der Waals surface area contributed by atoms with Crippen molar-refractivity contribution in [3.05, 3.63) is 47.3 Å². The van der Waals surface area contributed by atoms with E-state index in [0.29, 0.717) is 37.8 Å². The standard InChI is InChI=1S/C20H19F6N3O3/c1-31-17-18(28-7-6-27-17)32-15-4-2-14(3-5-15)29-16(30)11-8-12(19(21,22)23)10-13(9-11)20(24,25)26/h6-10,14-15H,2-5H2,1H3,(H,29,30). The smallest absolute Gasteiger partial charge is 0.416 e. The molecule has 1 aliphatic carbocycles. The summed E-state index contributed by atoms with van der Waals surface area (Å²) in [5.41, 5.74) is -3.77. The molecule has 1 aliphatic rings. The number of nitrogens with zero attached hydrogens (tertiary/aromatic N) is 2. The third-order valence-corrected chi connectivity index (χ3v) is 4.96. The zero-order chi connectivity index (χ0) is 23.5. The van der Waals surface area contributed by atoms with Crippen LogP contribution in [0.15, 0.2) is 30.6 Å². The number of halogens is 6. The van der Waals surface area contributed by atoms with Crippen LogP contribution in [0.4, 0.5) is 26.3 Å². The number of amides is 1. The molecule has 3 rings (SSSR count). The Balaban J connectivity index is 1.65. The predicted octanol–water partition coefficient (Wildman–Crippen LogP) is 4.64. The van der Waals surface area contributed by atoms with E-state index in [0.717, 1.165) is 0 Å². The Bertz CT molecular complexity index is 924. The molecule has 0 spiro atoms. The molecule has 0 bridgehead atoms. The number of aromatic nitrogens is 2. The number of methoxy groups -OCH3 is 1. The van der Waals surface area contributed by atoms with Gasteiger partial charge in [0, 0.05) is 24.0 Å². The minimum atomic E-state index is -5.02. The minimum absolute atomic E-state index is 0.0138. The first-order valence-electron chi connectivity index (χ1n) is 9.59. The second-order valence-electron chi connectivity index (χ2n) is 7.23. The van der Waals surface area contributed by atoms with Gasteiger partial charge in [0.2, 0.25) is 0 Å². The Morgan fingerprint density at radius 2 is 1.44 bits per heavy atom. The molecular formula is C20H19F6N3O3. The van der Waals surface area contributed by atoms with Crippen molar-refractivity contribution in [3.8, 4) is 11.8 Å². The van der Waals surface area contributed by atoms with Gasteiger partial charge >= 0.3 is 12.4 Å². The van der Waals surface area contributed by atoms with Gasteiger partial charge in [-0.3, -0.25) is 4.79 Å². The Hall–Kier alpha value is -3.05. The predicted molar refractivity (Wildman–Crippen MR) is 99.2 cm³/mol. The Morgan fingerprint density at radius 3 is 1.94 bits per heavy atom. The van der Waals surface area contributed by atoms with Crippen LogP contribution in [-0.2, 0) is 12.4 Å². The van der Waals surface area contributed by atoms with E-state index in [1.165, 1.54) is 19.5 Å². The van der Waals surface area contributed by atoms with Crippen LogP contribution >= 0.6 is 0 Å². The van der Waals surface area contributed by atoms with Crippen LogP contribution in [0.2, 0.25) is 0 Å². The van der Waals surface area contributed by atoms with Gasteiger partial charge in [-0.15, -0.1) is 0 Å². The van der Waals surface area contributed by atoms with Crippen molar-refractivity contribution in [3.63, 3.8) is 0 Å². The number of benzene rings is 1. The fraction of sp³-hybridized carbons (Fsp3) is 0.450. The van der Waals surface area contributed by atoms with Gasteiger partial charge in [0.05, 0.1) is 18.2 Å². The summed E-state index contributed by atoms with van der Waals surface area (Å²) >= 11 is 0. The van der Waals surface area contributed by atoms with Crippen LogP contribution in [0, 0.1) is 0 Å². The average molecular weight is 463 g/mol. The van der Waals surface area contributed by atoms with Gasteiger partial charge in [0.15, 0.2) is 0 Å². The van der Waals surface area contributed by atoms with E-state index in [-0.39, 0.29) is 23.9 Å². The van der Waals surface area contributed by atoms with Gasteiger partial charge in [-0.25, -0.2) is 9.97 Å². The highest BCUT2D eigenvalue weighted by atomic mass is 19.4. The largest absolute Gasteiger partial charge is 0.477 e. The lowest BCUT2D eigenvalue weighted by Crippen LogP contribution is -2.40. The van der Waals surface area contributed by atoms with E-state index in [2.05, 4.69) is 15.3 Å². The highest BCUT2D eigenvalue weighted by molar-refractivity contribution is 5.94. The fourth-order valence-electron chi connectivity index (χ4n) is 3.37. The highest BCUT2D eigenvalue weighted by Crippen LogP contribution is 2.36. The van der Waals surface area contributed by atoms with Crippen LogP contribution in [0.25, 0.3) is 0 Å². The SMILES string of the molecule is COc1nccnc1OC1CCC(NC(=O)c2cc(C(F)(F)F)cc(C(F)(F)F)c2)CC1. The van der Waals surface area contributed by atoms with Gasteiger partial charge in [-0.05, 0) is 43.9 Å². The topological polar surface area (TPSA) is 73.3 Å².